The molecule has 2 amide bonds. The molecule has 0 radical (unpaired) electrons. The van der Waals surface area contributed by atoms with Gasteiger partial charge in [0.15, 0.2) is 0 Å². The van der Waals surface area contributed by atoms with E-state index in [-0.39, 0.29) is 17.7 Å². The number of thioether (sulfide) groups is 1. The Morgan fingerprint density at radius 1 is 1.20 bits per heavy atom. The van der Waals surface area contributed by atoms with Crippen molar-refractivity contribution in [2.24, 2.45) is 0 Å². The van der Waals surface area contributed by atoms with Gasteiger partial charge in [0.25, 0.3) is 11.1 Å². The Labute approximate surface area is 156 Å². The maximum atomic E-state index is 12.7. The SMILES string of the molecule is CCn1c(C)cc(/C=C2\SC(=O)N(Cc3cccc(Cl)c3)C2=O)c1C. The second-order valence-corrected chi connectivity index (χ2v) is 7.40. The van der Waals surface area contributed by atoms with Crippen LogP contribution in [0.3, 0.4) is 0 Å². The molecule has 1 aromatic carbocycles. The molecule has 6 heteroatoms. The van der Waals surface area contributed by atoms with Crippen LogP contribution in [0, 0.1) is 13.8 Å². The number of hydrogen-bond acceptors (Lipinski definition) is 3. The van der Waals surface area contributed by atoms with Gasteiger partial charge in [-0.3, -0.25) is 14.5 Å². The van der Waals surface area contributed by atoms with Crippen molar-refractivity contribution < 1.29 is 9.59 Å². The summed E-state index contributed by atoms with van der Waals surface area (Å²) in [5.74, 6) is -0.253. The number of nitrogens with zero attached hydrogens (tertiary/aromatic N) is 2. The van der Waals surface area contributed by atoms with E-state index < -0.39 is 0 Å². The number of carbonyl (C=O) groups excluding carboxylic acids is 2. The molecule has 0 bridgehead atoms. The lowest BCUT2D eigenvalue weighted by Crippen LogP contribution is -2.27. The van der Waals surface area contributed by atoms with Crippen molar-refractivity contribution in [1.29, 1.82) is 0 Å². The Hall–Kier alpha value is -1.98. The molecule has 1 aromatic heterocycles. The molecule has 1 aliphatic heterocycles. The average Bonchev–Trinajstić information content (AvgIpc) is 2.98. The van der Waals surface area contributed by atoms with Crippen LogP contribution < -0.4 is 0 Å². The van der Waals surface area contributed by atoms with Crippen LogP contribution in [-0.2, 0) is 17.9 Å². The van der Waals surface area contributed by atoms with E-state index in [4.69, 9.17) is 11.6 Å². The van der Waals surface area contributed by atoms with Gasteiger partial charge in [0.1, 0.15) is 0 Å². The van der Waals surface area contributed by atoms with Crippen LogP contribution in [0.15, 0.2) is 35.2 Å². The summed E-state index contributed by atoms with van der Waals surface area (Å²) in [5.41, 5.74) is 4.05. The molecule has 130 valence electrons. The number of hydrogen-bond donors (Lipinski definition) is 0. The molecule has 1 aliphatic rings. The van der Waals surface area contributed by atoms with Gasteiger partial charge in [-0.25, -0.2) is 0 Å². The monoisotopic (exact) mass is 374 g/mol. The highest BCUT2D eigenvalue weighted by Crippen LogP contribution is 2.34. The smallest absolute Gasteiger partial charge is 0.293 e. The average molecular weight is 375 g/mol. The maximum Gasteiger partial charge on any atom is 0.293 e. The lowest BCUT2D eigenvalue weighted by atomic mass is 10.2. The molecule has 1 fully saturated rings. The molecule has 0 N–H and O–H groups in total. The summed E-state index contributed by atoms with van der Waals surface area (Å²) in [6.45, 7) is 7.26. The summed E-state index contributed by atoms with van der Waals surface area (Å²) in [6.07, 6.45) is 1.82. The van der Waals surface area contributed by atoms with Gasteiger partial charge in [0.05, 0.1) is 11.4 Å². The molecular weight excluding hydrogens is 356 g/mol. The molecule has 4 nitrogen and oxygen atoms in total. The molecule has 0 atom stereocenters. The molecule has 2 heterocycles. The molecule has 0 aliphatic carbocycles. The number of imide groups is 1. The summed E-state index contributed by atoms with van der Waals surface area (Å²) >= 11 is 6.97. The maximum absolute atomic E-state index is 12.7. The van der Waals surface area contributed by atoms with Gasteiger partial charge in [-0.15, -0.1) is 0 Å². The quantitative estimate of drug-likeness (QED) is 0.706. The van der Waals surface area contributed by atoms with Gasteiger partial charge in [0.2, 0.25) is 0 Å². The molecule has 3 rings (SSSR count). The van der Waals surface area contributed by atoms with E-state index >= 15 is 0 Å². The lowest BCUT2D eigenvalue weighted by molar-refractivity contribution is -0.123. The number of rotatable bonds is 4. The van der Waals surface area contributed by atoms with E-state index in [1.54, 1.807) is 12.1 Å². The first kappa shape index (κ1) is 17.8. The minimum Gasteiger partial charge on any atom is -0.349 e. The number of amides is 2. The predicted molar refractivity (Wildman–Crippen MR) is 103 cm³/mol. The molecule has 0 saturated carbocycles. The Morgan fingerprint density at radius 2 is 1.96 bits per heavy atom. The number of aromatic nitrogens is 1. The van der Waals surface area contributed by atoms with Crippen molar-refractivity contribution in [3.8, 4) is 0 Å². The summed E-state index contributed by atoms with van der Waals surface area (Å²) in [5, 5.41) is 0.340. The zero-order valence-electron chi connectivity index (χ0n) is 14.4. The fourth-order valence-electron chi connectivity index (χ4n) is 3.06. The van der Waals surface area contributed by atoms with Crippen LogP contribution in [0.2, 0.25) is 5.02 Å². The van der Waals surface area contributed by atoms with E-state index in [0.717, 1.165) is 40.8 Å². The fraction of sp³-hybridized carbons (Fsp3) is 0.263. The van der Waals surface area contributed by atoms with E-state index in [0.29, 0.717) is 9.93 Å². The second kappa shape index (κ2) is 7.10. The number of benzene rings is 1. The highest BCUT2D eigenvalue weighted by molar-refractivity contribution is 8.18. The summed E-state index contributed by atoms with van der Waals surface area (Å²) in [4.78, 5) is 26.7. The lowest BCUT2D eigenvalue weighted by Gasteiger charge is -2.12. The topological polar surface area (TPSA) is 42.3 Å². The van der Waals surface area contributed by atoms with Gasteiger partial charge in [0, 0.05) is 23.0 Å². The van der Waals surface area contributed by atoms with E-state index in [2.05, 4.69) is 11.5 Å². The van der Waals surface area contributed by atoms with Crippen molar-refractivity contribution in [3.05, 3.63) is 62.8 Å². The molecular formula is C19H19ClN2O2S. The minimum atomic E-state index is -0.253. The number of aryl methyl sites for hydroxylation is 1. The van der Waals surface area contributed by atoms with Crippen molar-refractivity contribution in [2.75, 3.05) is 0 Å². The highest BCUT2D eigenvalue weighted by Gasteiger charge is 2.35. The third-order valence-electron chi connectivity index (χ3n) is 4.32. The van der Waals surface area contributed by atoms with E-state index in [1.807, 2.05) is 38.1 Å². The highest BCUT2D eigenvalue weighted by atomic mass is 35.5. The first-order valence-electron chi connectivity index (χ1n) is 8.07. The third kappa shape index (κ3) is 3.53. The Bertz CT molecular complexity index is 886. The fourth-order valence-corrected chi connectivity index (χ4v) is 4.10. The predicted octanol–water partition coefficient (Wildman–Crippen LogP) is 5.01. The van der Waals surface area contributed by atoms with E-state index in [9.17, 15) is 9.59 Å². The largest absolute Gasteiger partial charge is 0.349 e. The van der Waals surface area contributed by atoms with Crippen molar-refractivity contribution in [3.63, 3.8) is 0 Å². The van der Waals surface area contributed by atoms with Gasteiger partial charge >= 0.3 is 0 Å². The zero-order chi connectivity index (χ0) is 18.1. The second-order valence-electron chi connectivity index (χ2n) is 5.97. The molecule has 2 aromatic rings. The van der Waals surface area contributed by atoms with Gasteiger partial charge in [-0.2, -0.15) is 0 Å². The van der Waals surface area contributed by atoms with Crippen molar-refractivity contribution in [1.82, 2.24) is 9.47 Å². The molecule has 0 unspecified atom stereocenters. The first-order valence-corrected chi connectivity index (χ1v) is 9.26. The van der Waals surface area contributed by atoms with Crippen LogP contribution in [0.25, 0.3) is 6.08 Å². The minimum absolute atomic E-state index is 0.233. The Morgan fingerprint density at radius 3 is 2.60 bits per heavy atom. The summed E-state index contributed by atoms with van der Waals surface area (Å²) in [6, 6.07) is 9.25. The summed E-state index contributed by atoms with van der Waals surface area (Å²) < 4.78 is 2.18. The van der Waals surface area contributed by atoms with Crippen molar-refractivity contribution in [2.45, 2.75) is 33.9 Å². The standard InChI is InChI=1S/C19H19ClN2O2S/c1-4-21-12(2)8-15(13(21)3)10-17-18(23)22(19(24)25-17)11-14-6-5-7-16(20)9-14/h5-10H,4,11H2,1-3H3/b17-10-. The van der Waals surface area contributed by atoms with E-state index in [1.165, 1.54) is 4.90 Å². The number of carbonyl (C=O) groups is 2. The Kier molecular flexibility index (Phi) is 5.06. The third-order valence-corrected chi connectivity index (χ3v) is 5.46. The normalized spacial score (nSPS) is 16.3. The zero-order valence-corrected chi connectivity index (χ0v) is 15.9. The van der Waals surface area contributed by atoms with Crippen LogP contribution in [0.5, 0.6) is 0 Å². The molecule has 0 spiro atoms. The first-order chi connectivity index (χ1) is 11.9. The number of halogens is 1. The van der Waals surface area contributed by atoms with Crippen LogP contribution >= 0.6 is 23.4 Å². The van der Waals surface area contributed by atoms with Gasteiger partial charge in [-0.05, 0) is 67.9 Å². The molecule has 25 heavy (non-hydrogen) atoms. The Balaban J connectivity index is 1.86. The van der Waals surface area contributed by atoms with Crippen LogP contribution in [0.4, 0.5) is 4.79 Å². The van der Waals surface area contributed by atoms with Crippen LogP contribution in [0.1, 0.15) is 29.4 Å². The van der Waals surface area contributed by atoms with Gasteiger partial charge < -0.3 is 4.57 Å². The summed E-state index contributed by atoms with van der Waals surface area (Å²) in [7, 11) is 0. The van der Waals surface area contributed by atoms with Crippen molar-refractivity contribution >= 4 is 40.6 Å². The van der Waals surface area contributed by atoms with Gasteiger partial charge in [-0.1, -0.05) is 23.7 Å². The molecule has 1 saturated heterocycles. The van der Waals surface area contributed by atoms with Crippen LogP contribution in [-0.4, -0.2) is 20.6 Å².